The Kier molecular flexibility index (Phi) is 6.15. The van der Waals surface area contributed by atoms with E-state index >= 15 is 0 Å². The van der Waals surface area contributed by atoms with Gasteiger partial charge in [-0.1, -0.05) is 35.9 Å². The van der Waals surface area contributed by atoms with Gasteiger partial charge in [0.1, 0.15) is 5.75 Å². The Morgan fingerprint density at radius 1 is 1.10 bits per heavy atom. The van der Waals surface area contributed by atoms with Crippen LogP contribution in [0.15, 0.2) is 47.4 Å². The van der Waals surface area contributed by atoms with Crippen LogP contribution in [0.3, 0.4) is 0 Å². The quantitative estimate of drug-likeness (QED) is 0.611. The van der Waals surface area contributed by atoms with Crippen LogP contribution in [0.5, 0.6) is 5.75 Å². The van der Waals surface area contributed by atoms with Crippen molar-refractivity contribution in [1.29, 1.82) is 0 Å². The summed E-state index contributed by atoms with van der Waals surface area (Å²) in [6, 6.07) is 14.6. The first-order valence-electron chi connectivity index (χ1n) is 7.31. The van der Waals surface area contributed by atoms with E-state index in [4.69, 9.17) is 10.5 Å². The highest BCUT2D eigenvalue weighted by Crippen LogP contribution is 2.24. The number of nitrogens with two attached hydrogens (primary N) is 1. The second-order valence-corrected chi connectivity index (χ2v) is 6.27. The molecule has 0 heterocycles. The lowest BCUT2D eigenvalue weighted by Gasteiger charge is -2.10. The van der Waals surface area contributed by atoms with Crippen LogP contribution in [-0.2, 0) is 6.54 Å². The van der Waals surface area contributed by atoms with Crippen LogP contribution in [0.1, 0.15) is 23.1 Å². The van der Waals surface area contributed by atoms with Crippen molar-refractivity contribution in [2.24, 2.45) is 5.73 Å². The number of ether oxygens (including phenoxy) is 1. The molecular weight excluding hydrogens is 278 g/mol. The van der Waals surface area contributed by atoms with Crippen LogP contribution in [0.4, 0.5) is 0 Å². The Morgan fingerprint density at radius 2 is 1.90 bits per heavy atom. The van der Waals surface area contributed by atoms with Gasteiger partial charge < -0.3 is 10.5 Å². The van der Waals surface area contributed by atoms with Crippen molar-refractivity contribution in [3.8, 4) is 5.75 Å². The van der Waals surface area contributed by atoms with Crippen LogP contribution in [0.2, 0.25) is 0 Å². The standard InChI is InChI=1S/C18H23NOS/c1-14-8-9-15(2)18(12-14)21-11-5-10-20-17-7-4-3-6-16(17)13-19/h3-4,6-9,12H,5,10-11,13,19H2,1-2H3. The molecule has 0 atom stereocenters. The van der Waals surface area contributed by atoms with Crippen LogP contribution >= 0.6 is 11.8 Å². The highest BCUT2D eigenvalue weighted by Gasteiger charge is 2.02. The van der Waals surface area contributed by atoms with E-state index in [9.17, 15) is 0 Å². The molecule has 0 aliphatic heterocycles. The van der Waals surface area contributed by atoms with Gasteiger partial charge in [0.15, 0.2) is 0 Å². The zero-order chi connectivity index (χ0) is 15.1. The van der Waals surface area contributed by atoms with Crippen LogP contribution in [-0.4, -0.2) is 12.4 Å². The summed E-state index contributed by atoms with van der Waals surface area (Å²) in [5.74, 6) is 1.98. The van der Waals surface area contributed by atoms with E-state index in [0.717, 1.165) is 30.1 Å². The van der Waals surface area contributed by atoms with Gasteiger partial charge in [-0.05, 0) is 38.0 Å². The minimum Gasteiger partial charge on any atom is -0.493 e. The molecule has 0 aliphatic rings. The number of benzene rings is 2. The molecule has 0 saturated heterocycles. The fourth-order valence-corrected chi connectivity index (χ4v) is 3.15. The Hall–Kier alpha value is -1.45. The van der Waals surface area contributed by atoms with Gasteiger partial charge in [-0.2, -0.15) is 0 Å². The second-order valence-electron chi connectivity index (χ2n) is 5.13. The third kappa shape index (κ3) is 4.80. The molecule has 112 valence electrons. The van der Waals surface area contributed by atoms with Crippen molar-refractivity contribution >= 4 is 11.8 Å². The van der Waals surface area contributed by atoms with E-state index in [1.54, 1.807) is 0 Å². The molecule has 0 saturated carbocycles. The Labute approximate surface area is 131 Å². The van der Waals surface area contributed by atoms with Crippen molar-refractivity contribution in [3.05, 3.63) is 59.2 Å². The maximum Gasteiger partial charge on any atom is 0.123 e. The molecule has 0 bridgehead atoms. The lowest BCUT2D eigenvalue weighted by molar-refractivity contribution is 0.315. The van der Waals surface area contributed by atoms with Crippen LogP contribution in [0, 0.1) is 13.8 Å². The maximum atomic E-state index is 5.83. The van der Waals surface area contributed by atoms with Crippen molar-refractivity contribution in [2.75, 3.05) is 12.4 Å². The van der Waals surface area contributed by atoms with Crippen molar-refractivity contribution in [1.82, 2.24) is 0 Å². The number of hydrogen-bond donors (Lipinski definition) is 1. The molecule has 2 aromatic rings. The SMILES string of the molecule is Cc1ccc(C)c(SCCCOc2ccccc2CN)c1. The van der Waals surface area contributed by atoms with Crippen molar-refractivity contribution in [2.45, 2.75) is 31.7 Å². The molecule has 0 aliphatic carbocycles. The smallest absolute Gasteiger partial charge is 0.123 e. The first kappa shape index (κ1) is 15.9. The van der Waals surface area contributed by atoms with E-state index in [2.05, 4.69) is 32.0 Å². The predicted molar refractivity (Wildman–Crippen MR) is 91.1 cm³/mol. The van der Waals surface area contributed by atoms with Crippen molar-refractivity contribution < 1.29 is 4.74 Å². The molecule has 2 N–H and O–H groups in total. The minimum absolute atomic E-state index is 0.521. The van der Waals surface area contributed by atoms with E-state index < -0.39 is 0 Å². The summed E-state index contributed by atoms with van der Waals surface area (Å²) in [5.41, 5.74) is 9.44. The monoisotopic (exact) mass is 301 g/mol. The van der Waals surface area contributed by atoms with E-state index in [0.29, 0.717) is 6.54 Å². The lowest BCUT2D eigenvalue weighted by atomic mass is 10.2. The van der Waals surface area contributed by atoms with Gasteiger partial charge in [0.05, 0.1) is 6.61 Å². The van der Waals surface area contributed by atoms with Gasteiger partial charge in [-0.25, -0.2) is 0 Å². The zero-order valence-corrected chi connectivity index (χ0v) is 13.6. The Balaban J connectivity index is 1.76. The van der Waals surface area contributed by atoms with Gasteiger partial charge in [-0.15, -0.1) is 11.8 Å². The molecule has 0 spiro atoms. The van der Waals surface area contributed by atoms with Gasteiger partial charge in [0, 0.05) is 22.8 Å². The second kappa shape index (κ2) is 8.11. The molecule has 3 heteroatoms. The van der Waals surface area contributed by atoms with Gasteiger partial charge in [0.25, 0.3) is 0 Å². The molecule has 2 aromatic carbocycles. The minimum atomic E-state index is 0.521. The van der Waals surface area contributed by atoms with Crippen molar-refractivity contribution in [3.63, 3.8) is 0 Å². The molecule has 0 aromatic heterocycles. The van der Waals surface area contributed by atoms with Gasteiger partial charge >= 0.3 is 0 Å². The van der Waals surface area contributed by atoms with E-state index in [1.807, 2.05) is 36.0 Å². The third-order valence-electron chi connectivity index (χ3n) is 3.34. The first-order chi connectivity index (χ1) is 10.2. The maximum absolute atomic E-state index is 5.83. The molecule has 0 fully saturated rings. The van der Waals surface area contributed by atoms with E-state index in [-0.39, 0.29) is 0 Å². The number of rotatable bonds is 7. The van der Waals surface area contributed by atoms with Gasteiger partial charge in [-0.3, -0.25) is 0 Å². The highest BCUT2D eigenvalue weighted by molar-refractivity contribution is 7.99. The molecular formula is C18H23NOS. The summed E-state index contributed by atoms with van der Waals surface area (Å²) >= 11 is 1.90. The van der Waals surface area contributed by atoms with Gasteiger partial charge in [0.2, 0.25) is 0 Å². The summed E-state index contributed by atoms with van der Waals surface area (Å²) < 4.78 is 5.83. The summed E-state index contributed by atoms with van der Waals surface area (Å²) in [6.45, 7) is 5.55. The largest absolute Gasteiger partial charge is 0.493 e. The fourth-order valence-electron chi connectivity index (χ4n) is 2.10. The number of para-hydroxylation sites is 1. The van der Waals surface area contributed by atoms with Crippen LogP contribution in [0.25, 0.3) is 0 Å². The summed E-state index contributed by atoms with van der Waals surface area (Å²) in [5, 5.41) is 0. The lowest BCUT2D eigenvalue weighted by Crippen LogP contribution is -2.04. The highest BCUT2D eigenvalue weighted by atomic mass is 32.2. The van der Waals surface area contributed by atoms with E-state index in [1.165, 1.54) is 16.0 Å². The first-order valence-corrected chi connectivity index (χ1v) is 8.30. The topological polar surface area (TPSA) is 35.2 Å². The average molecular weight is 301 g/mol. The average Bonchev–Trinajstić information content (AvgIpc) is 2.50. The molecule has 0 radical (unpaired) electrons. The third-order valence-corrected chi connectivity index (χ3v) is 4.58. The zero-order valence-electron chi connectivity index (χ0n) is 12.8. The Bertz CT molecular complexity index is 583. The molecule has 0 unspecified atom stereocenters. The fraction of sp³-hybridized carbons (Fsp3) is 0.333. The number of aryl methyl sites for hydroxylation is 2. The number of hydrogen-bond acceptors (Lipinski definition) is 3. The molecule has 2 nitrogen and oxygen atoms in total. The molecule has 21 heavy (non-hydrogen) atoms. The predicted octanol–water partition coefficient (Wildman–Crippen LogP) is 4.32. The molecule has 2 rings (SSSR count). The number of thioether (sulfide) groups is 1. The summed E-state index contributed by atoms with van der Waals surface area (Å²) in [4.78, 5) is 1.37. The van der Waals surface area contributed by atoms with Crippen LogP contribution < -0.4 is 10.5 Å². The summed E-state index contributed by atoms with van der Waals surface area (Å²) in [6.07, 6.45) is 1.02. The Morgan fingerprint density at radius 3 is 2.71 bits per heavy atom. The molecule has 0 amide bonds. The summed E-state index contributed by atoms with van der Waals surface area (Å²) in [7, 11) is 0. The normalized spacial score (nSPS) is 10.6.